The van der Waals surface area contributed by atoms with Crippen LogP contribution in [0.3, 0.4) is 0 Å². The van der Waals surface area contributed by atoms with Gasteiger partial charge in [0.2, 0.25) is 0 Å². The second kappa shape index (κ2) is 11.0. The molecule has 0 aromatic heterocycles. The smallest absolute Gasteiger partial charge is 0.0745 e. The Morgan fingerprint density at radius 1 is 0.931 bits per heavy atom. The van der Waals surface area contributed by atoms with Gasteiger partial charge in [0.05, 0.1) is 42.7 Å². The van der Waals surface area contributed by atoms with Crippen molar-refractivity contribution in [1.82, 2.24) is 0 Å². The third-order valence-electron chi connectivity index (χ3n) is 5.10. The molecule has 2 rings (SSSR count). The maximum atomic E-state index is 9.17. The van der Waals surface area contributed by atoms with Crippen molar-refractivity contribution in [2.75, 3.05) is 31.7 Å². The van der Waals surface area contributed by atoms with Gasteiger partial charge in [-0.3, -0.25) is 0 Å². The third-order valence-corrected chi connectivity index (χ3v) is 5.40. The number of hydrogen-bond acceptors (Lipinski definition) is 4. The monoisotopic (exact) mass is 419 g/mol. The highest BCUT2D eigenvalue weighted by Crippen LogP contribution is 2.33. The average molecular weight is 420 g/mol. The quantitative estimate of drug-likeness (QED) is 0.502. The lowest BCUT2D eigenvalue weighted by atomic mass is 9.95. The fraction of sp³-hybridized carbons (Fsp3) is 0.500. The van der Waals surface area contributed by atoms with Crippen LogP contribution in [0.15, 0.2) is 24.3 Å². The number of benzene rings is 2. The van der Waals surface area contributed by atoms with E-state index in [1.54, 1.807) is 6.92 Å². The molecule has 29 heavy (non-hydrogen) atoms. The first-order valence-electron chi connectivity index (χ1n) is 10.2. The first kappa shape index (κ1) is 23.7. The summed E-state index contributed by atoms with van der Waals surface area (Å²) in [5.74, 6) is 0. The van der Waals surface area contributed by atoms with Crippen LogP contribution in [0, 0.1) is 27.7 Å². The Morgan fingerprint density at radius 3 is 2.10 bits per heavy atom. The van der Waals surface area contributed by atoms with Gasteiger partial charge < -0.3 is 19.9 Å². The lowest BCUT2D eigenvalue weighted by Gasteiger charge is -2.18. The van der Waals surface area contributed by atoms with Gasteiger partial charge in [-0.1, -0.05) is 23.7 Å². The molecule has 5 heteroatoms. The largest absolute Gasteiger partial charge is 0.391 e. The lowest BCUT2D eigenvalue weighted by molar-refractivity contribution is -0.00743. The Bertz CT molecular complexity index is 774. The van der Waals surface area contributed by atoms with Crippen LogP contribution in [-0.2, 0) is 9.47 Å². The van der Waals surface area contributed by atoms with E-state index in [2.05, 4.69) is 51.2 Å². The molecule has 2 aromatic carbocycles. The van der Waals surface area contributed by atoms with Gasteiger partial charge in [-0.25, -0.2) is 0 Å². The van der Waals surface area contributed by atoms with Crippen LogP contribution in [0.4, 0.5) is 5.69 Å². The third kappa shape index (κ3) is 7.00. The van der Waals surface area contributed by atoms with Gasteiger partial charge in [0.1, 0.15) is 0 Å². The van der Waals surface area contributed by atoms with Gasteiger partial charge in [0, 0.05) is 6.54 Å². The van der Waals surface area contributed by atoms with Gasteiger partial charge in [-0.05, 0) is 87.1 Å². The standard InChI is InChI=1S/C24H34ClNO3/c1-15-9-21(10-16(2)20(15)6)22-11-17(3)24(23(25)12-22)26-13-19(5)29-8-7-28-14-18(4)27/h9-12,18-19,26-27H,7-8,13-14H2,1-6H3. The minimum atomic E-state index is -0.449. The van der Waals surface area contributed by atoms with Crippen LogP contribution in [0.1, 0.15) is 36.1 Å². The summed E-state index contributed by atoms with van der Waals surface area (Å²) in [6.45, 7) is 14.2. The zero-order valence-electron chi connectivity index (χ0n) is 18.4. The summed E-state index contributed by atoms with van der Waals surface area (Å²) < 4.78 is 11.1. The Balaban J connectivity index is 1.97. The van der Waals surface area contributed by atoms with Crippen LogP contribution in [-0.4, -0.2) is 43.7 Å². The molecule has 160 valence electrons. The molecule has 0 fully saturated rings. The minimum Gasteiger partial charge on any atom is -0.391 e. The van der Waals surface area contributed by atoms with Gasteiger partial charge in [0.25, 0.3) is 0 Å². The SMILES string of the molecule is Cc1cc(-c2cc(C)c(NCC(C)OCCOCC(C)O)c(Cl)c2)cc(C)c1C. The molecule has 0 aliphatic heterocycles. The molecule has 0 saturated carbocycles. The number of aliphatic hydroxyl groups is 1. The number of anilines is 1. The van der Waals surface area contributed by atoms with E-state index in [-0.39, 0.29) is 6.10 Å². The Kier molecular flexibility index (Phi) is 8.97. The number of aryl methyl sites for hydroxylation is 3. The number of rotatable bonds is 10. The topological polar surface area (TPSA) is 50.7 Å². The molecule has 4 nitrogen and oxygen atoms in total. The maximum absolute atomic E-state index is 9.17. The molecule has 0 saturated heterocycles. The zero-order chi connectivity index (χ0) is 21.6. The van der Waals surface area contributed by atoms with Gasteiger partial charge in [-0.2, -0.15) is 0 Å². The van der Waals surface area contributed by atoms with Crippen LogP contribution < -0.4 is 5.32 Å². The van der Waals surface area contributed by atoms with Gasteiger partial charge in [0.15, 0.2) is 0 Å². The molecule has 2 aromatic rings. The number of halogens is 1. The van der Waals surface area contributed by atoms with Crippen molar-refractivity contribution in [3.8, 4) is 11.1 Å². The summed E-state index contributed by atoms with van der Waals surface area (Å²) in [7, 11) is 0. The van der Waals surface area contributed by atoms with Crippen molar-refractivity contribution in [1.29, 1.82) is 0 Å². The Morgan fingerprint density at radius 2 is 1.52 bits per heavy atom. The Hall–Kier alpha value is -1.59. The van der Waals surface area contributed by atoms with E-state index < -0.39 is 6.10 Å². The van der Waals surface area contributed by atoms with Crippen LogP contribution >= 0.6 is 11.6 Å². The summed E-state index contributed by atoms with van der Waals surface area (Å²) in [5, 5.41) is 13.3. The van der Waals surface area contributed by atoms with E-state index in [9.17, 15) is 0 Å². The van der Waals surface area contributed by atoms with Crippen molar-refractivity contribution >= 4 is 17.3 Å². The zero-order valence-corrected chi connectivity index (χ0v) is 19.2. The van der Waals surface area contributed by atoms with E-state index in [4.69, 9.17) is 26.2 Å². The van der Waals surface area contributed by atoms with Crippen molar-refractivity contribution in [3.05, 3.63) is 51.5 Å². The molecule has 0 radical (unpaired) electrons. The molecule has 2 atom stereocenters. The maximum Gasteiger partial charge on any atom is 0.0745 e. The predicted molar refractivity (Wildman–Crippen MR) is 122 cm³/mol. The fourth-order valence-corrected chi connectivity index (χ4v) is 3.54. The molecular formula is C24H34ClNO3. The molecule has 0 aliphatic carbocycles. The van der Waals surface area contributed by atoms with Crippen molar-refractivity contribution in [2.24, 2.45) is 0 Å². The average Bonchev–Trinajstić information content (AvgIpc) is 2.64. The van der Waals surface area contributed by atoms with E-state index >= 15 is 0 Å². The summed E-state index contributed by atoms with van der Waals surface area (Å²) in [6.07, 6.45) is -0.433. The minimum absolute atomic E-state index is 0.0164. The molecule has 2 N–H and O–H groups in total. The van der Waals surface area contributed by atoms with Crippen molar-refractivity contribution in [3.63, 3.8) is 0 Å². The lowest BCUT2D eigenvalue weighted by Crippen LogP contribution is -2.23. The van der Waals surface area contributed by atoms with E-state index in [0.29, 0.717) is 31.4 Å². The van der Waals surface area contributed by atoms with Gasteiger partial charge >= 0.3 is 0 Å². The Labute approximate surface area is 180 Å². The molecule has 2 unspecified atom stereocenters. The second-order valence-electron chi connectivity index (χ2n) is 7.87. The normalized spacial score (nSPS) is 13.4. The van der Waals surface area contributed by atoms with E-state index in [0.717, 1.165) is 16.8 Å². The van der Waals surface area contributed by atoms with Crippen LogP contribution in [0.2, 0.25) is 5.02 Å². The summed E-state index contributed by atoms with van der Waals surface area (Å²) in [6, 6.07) is 8.63. The molecule has 0 aliphatic rings. The second-order valence-corrected chi connectivity index (χ2v) is 8.28. The predicted octanol–water partition coefficient (Wildman–Crippen LogP) is 5.46. The summed E-state index contributed by atoms with van der Waals surface area (Å²) >= 11 is 6.61. The fourth-order valence-electron chi connectivity index (χ4n) is 3.20. The molecular weight excluding hydrogens is 386 g/mol. The highest BCUT2D eigenvalue weighted by molar-refractivity contribution is 6.33. The highest BCUT2D eigenvalue weighted by Gasteiger charge is 2.11. The number of nitrogens with one attached hydrogen (secondary N) is 1. The molecule has 0 amide bonds. The number of ether oxygens (including phenoxy) is 2. The van der Waals surface area contributed by atoms with Crippen LogP contribution in [0.5, 0.6) is 0 Å². The molecule has 0 heterocycles. The first-order chi connectivity index (χ1) is 13.7. The molecule has 0 spiro atoms. The van der Waals surface area contributed by atoms with E-state index in [1.165, 1.54) is 22.3 Å². The number of hydrogen-bond donors (Lipinski definition) is 2. The summed E-state index contributed by atoms with van der Waals surface area (Å²) in [5.41, 5.74) is 8.28. The van der Waals surface area contributed by atoms with Gasteiger partial charge in [-0.15, -0.1) is 0 Å². The highest BCUT2D eigenvalue weighted by atomic mass is 35.5. The van der Waals surface area contributed by atoms with Crippen LogP contribution in [0.25, 0.3) is 11.1 Å². The molecule has 0 bridgehead atoms. The summed E-state index contributed by atoms with van der Waals surface area (Å²) in [4.78, 5) is 0. The van der Waals surface area contributed by atoms with Crippen molar-refractivity contribution in [2.45, 2.75) is 53.8 Å². The van der Waals surface area contributed by atoms with Crippen molar-refractivity contribution < 1.29 is 14.6 Å². The number of aliphatic hydroxyl groups excluding tert-OH is 1. The first-order valence-corrected chi connectivity index (χ1v) is 10.6. The van der Waals surface area contributed by atoms with E-state index in [1.807, 2.05) is 13.0 Å².